The van der Waals surface area contributed by atoms with Gasteiger partial charge in [0.05, 0.1) is 5.41 Å². The van der Waals surface area contributed by atoms with E-state index >= 15 is 0 Å². The number of ether oxygens (including phenoxy) is 1. The second-order valence-electron chi connectivity index (χ2n) is 8.01. The average Bonchev–Trinajstić information content (AvgIpc) is 2.52. The van der Waals surface area contributed by atoms with Crippen molar-refractivity contribution in [3.8, 4) is 0 Å². The molecular formula is C20H38O2. The monoisotopic (exact) mass is 310 g/mol. The molecule has 1 fully saturated rings. The Labute approximate surface area is 138 Å². The molecule has 2 nitrogen and oxygen atoms in total. The van der Waals surface area contributed by atoms with Gasteiger partial charge in [-0.1, -0.05) is 53.9 Å². The number of esters is 1. The third-order valence-corrected chi connectivity index (χ3v) is 5.97. The maximum atomic E-state index is 13.0. The van der Waals surface area contributed by atoms with Crippen LogP contribution in [0.5, 0.6) is 0 Å². The van der Waals surface area contributed by atoms with Crippen LogP contribution in [0.4, 0.5) is 0 Å². The van der Waals surface area contributed by atoms with Crippen molar-refractivity contribution in [1.29, 1.82) is 0 Å². The third-order valence-electron chi connectivity index (χ3n) is 5.97. The molecule has 1 aliphatic rings. The minimum absolute atomic E-state index is 0.0398. The normalized spacial score (nSPS) is 20.0. The Morgan fingerprint density at radius 3 is 2.00 bits per heavy atom. The molecule has 0 radical (unpaired) electrons. The van der Waals surface area contributed by atoms with Gasteiger partial charge in [0.15, 0.2) is 0 Å². The Morgan fingerprint density at radius 2 is 1.59 bits per heavy atom. The number of hydrogen-bond donors (Lipinski definition) is 0. The minimum atomic E-state index is -0.335. The third kappa shape index (κ3) is 4.49. The van der Waals surface area contributed by atoms with Crippen LogP contribution in [0.1, 0.15) is 99.3 Å². The Morgan fingerprint density at radius 1 is 1.05 bits per heavy atom. The summed E-state index contributed by atoms with van der Waals surface area (Å²) in [5, 5.41) is 0. The first kappa shape index (κ1) is 19.5. The van der Waals surface area contributed by atoms with Crippen LogP contribution in [0.2, 0.25) is 0 Å². The second kappa shape index (κ2) is 8.36. The average molecular weight is 311 g/mol. The molecular weight excluding hydrogens is 272 g/mol. The molecule has 0 bridgehead atoms. The smallest absolute Gasteiger partial charge is 0.312 e. The highest BCUT2D eigenvalue weighted by Gasteiger charge is 2.44. The highest BCUT2D eigenvalue weighted by Crippen LogP contribution is 2.42. The molecule has 0 N–H and O–H groups in total. The van der Waals surface area contributed by atoms with Crippen molar-refractivity contribution in [2.45, 2.75) is 105 Å². The van der Waals surface area contributed by atoms with Gasteiger partial charge < -0.3 is 4.74 Å². The van der Waals surface area contributed by atoms with Gasteiger partial charge in [0.1, 0.15) is 5.60 Å². The maximum Gasteiger partial charge on any atom is 0.312 e. The lowest BCUT2D eigenvalue weighted by molar-refractivity contribution is -0.182. The molecule has 130 valence electrons. The second-order valence-corrected chi connectivity index (χ2v) is 8.01. The molecule has 0 aromatic heterocycles. The number of carbonyl (C=O) groups is 1. The van der Waals surface area contributed by atoms with Crippen LogP contribution in [0.3, 0.4) is 0 Å². The first-order valence-electron chi connectivity index (χ1n) is 9.57. The topological polar surface area (TPSA) is 26.3 Å². The number of hydrogen-bond acceptors (Lipinski definition) is 2. The summed E-state index contributed by atoms with van der Waals surface area (Å²) in [5.74, 6) is 1.11. The van der Waals surface area contributed by atoms with Crippen molar-refractivity contribution in [2.24, 2.45) is 17.3 Å². The summed E-state index contributed by atoms with van der Waals surface area (Å²) < 4.78 is 6.29. The standard InChI is InChI=1S/C20H38O2/c1-7-19(6,15-16(4)5)18(21)22-20(8-2,9-3)17-13-11-10-12-14-17/h16-17H,7-15H2,1-6H3. The molecule has 0 aromatic carbocycles. The first-order chi connectivity index (χ1) is 10.3. The molecule has 2 heteroatoms. The maximum absolute atomic E-state index is 13.0. The van der Waals surface area contributed by atoms with E-state index in [-0.39, 0.29) is 17.0 Å². The fourth-order valence-corrected chi connectivity index (χ4v) is 4.26. The van der Waals surface area contributed by atoms with E-state index in [9.17, 15) is 4.79 Å². The Kier molecular flexibility index (Phi) is 7.41. The highest BCUT2D eigenvalue weighted by molar-refractivity contribution is 5.76. The van der Waals surface area contributed by atoms with Gasteiger partial charge in [-0.3, -0.25) is 4.79 Å². The van der Waals surface area contributed by atoms with E-state index in [1.54, 1.807) is 0 Å². The summed E-state index contributed by atoms with van der Waals surface area (Å²) in [7, 11) is 0. The summed E-state index contributed by atoms with van der Waals surface area (Å²) in [5.41, 5.74) is -0.566. The molecule has 0 amide bonds. The SMILES string of the molecule is CCC(C)(CC(C)C)C(=O)OC(CC)(CC)C1CCCCC1. The molecule has 0 aromatic rings. The van der Waals surface area contributed by atoms with E-state index in [0.717, 1.165) is 25.7 Å². The highest BCUT2D eigenvalue weighted by atomic mass is 16.6. The molecule has 0 saturated heterocycles. The molecule has 1 atom stereocenters. The van der Waals surface area contributed by atoms with E-state index in [0.29, 0.717) is 11.8 Å². The molecule has 1 saturated carbocycles. The van der Waals surface area contributed by atoms with Crippen LogP contribution in [-0.2, 0) is 9.53 Å². The lowest BCUT2D eigenvalue weighted by atomic mass is 9.73. The molecule has 1 unspecified atom stereocenters. The Bertz CT molecular complexity index is 338. The molecule has 22 heavy (non-hydrogen) atoms. The summed E-state index contributed by atoms with van der Waals surface area (Å²) in [6, 6.07) is 0. The fraction of sp³-hybridized carbons (Fsp3) is 0.950. The zero-order valence-corrected chi connectivity index (χ0v) is 15.8. The summed E-state index contributed by atoms with van der Waals surface area (Å²) in [6.07, 6.45) is 10.0. The van der Waals surface area contributed by atoms with E-state index in [2.05, 4.69) is 41.5 Å². The van der Waals surface area contributed by atoms with Gasteiger partial charge in [-0.2, -0.15) is 0 Å². The van der Waals surface area contributed by atoms with E-state index in [1.165, 1.54) is 32.1 Å². The first-order valence-corrected chi connectivity index (χ1v) is 9.57. The minimum Gasteiger partial charge on any atom is -0.458 e. The van der Waals surface area contributed by atoms with Gasteiger partial charge in [0.25, 0.3) is 0 Å². The predicted octanol–water partition coefficient (Wildman–Crippen LogP) is 6.13. The van der Waals surface area contributed by atoms with Crippen LogP contribution >= 0.6 is 0 Å². The number of carbonyl (C=O) groups excluding carboxylic acids is 1. The van der Waals surface area contributed by atoms with Crippen molar-refractivity contribution < 1.29 is 9.53 Å². The Hall–Kier alpha value is -0.530. The van der Waals surface area contributed by atoms with Crippen LogP contribution in [0, 0.1) is 17.3 Å². The van der Waals surface area contributed by atoms with E-state index in [4.69, 9.17) is 4.74 Å². The largest absolute Gasteiger partial charge is 0.458 e. The van der Waals surface area contributed by atoms with Crippen molar-refractivity contribution in [3.05, 3.63) is 0 Å². The van der Waals surface area contributed by atoms with E-state index in [1.807, 2.05) is 0 Å². The zero-order valence-electron chi connectivity index (χ0n) is 15.8. The van der Waals surface area contributed by atoms with Crippen LogP contribution in [0.15, 0.2) is 0 Å². The van der Waals surface area contributed by atoms with Crippen LogP contribution in [0.25, 0.3) is 0 Å². The van der Waals surface area contributed by atoms with Crippen molar-refractivity contribution in [2.75, 3.05) is 0 Å². The molecule has 0 heterocycles. The van der Waals surface area contributed by atoms with Gasteiger partial charge in [-0.05, 0) is 57.3 Å². The van der Waals surface area contributed by atoms with E-state index < -0.39 is 0 Å². The van der Waals surface area contributed by atoms with Gasteiger partial charge in [0, 0.05) is 0 Å². The summed E-state index contributed by atoms with van der Waals surface area (Å²) in [6.45, 7) is 13.0. The van der Waals surface area contributed by atoms with Crippen molar-refractivity contribution in [1.82, 2.24) is 0 Å². The molecule has 0 aliphatic heterocycles. The van der Waals surface area contributed by atoms with Crippen LogP contribution < -0.4 is 0 Å². The van der Waals surface area contributed by atoms with Gasteiger partial charge >= 0.3 is 5.97 Å². The van der Waals surface area contributed by atoms with Crippen molar-refractivity contribution in [3.63, 3.8) is 0 Å². The summed E-state index contributed by atoms with van der Waals surface area (Å²) >= 11 is 0. The lowest BCUT2D eigenvalue weighted by Crippen LogP contribution is -2.46. The van der Waals surface area contributed by atoms with Gasteiger partial charge in [0.2, 0.25) is 0 Å². The summed E-state index contributed by atoms with van der Waals surface area (Å²) in [4.78, 5) is 13.0. The van der Waals surface area contributed by atoms with Gasteiger partial charge in [-0.25, -0.2) is 0 Å². The Balaban J connectivity index is 2.90. The molecule has 1 aliphatic carbocycles. The molecule has 1 rings (SSSR count). The zero-order chi connectivity index (χ0) is 16.8. The molecule has 0 spiro atoms. The van der Waals surface area contributed by atoms with Gasteiger partial charge in [-0.15, -0.1) is 0 Å². The quantitative estimate of drug-likeness (QED) is 0.504. The fourth-order valence-electron chi connectivity index (χ4n) is 4.26. The van der Waals surface area contributed by atoms with Crippen molar-refractivity contribution >= 4 is 5.97 Å². The predicted molar refractivity (Wildman–Crippen MR) is 93.8 cm³/mol. The van der Waals surface area contributed by atoms with Crippen LogP contribution in [-0.4, -0.2) is 11.6 Å². The number of rotatable bonds is 8. The lowest BCUT2D eigenvalue weighted by Gasteiger charge is -2.43.